The Morgan fingerprint density at radius 3 is 1.57 bits per heavy atom. The number of unbranched alkanes of at least 4 members (excludes halogenated alkanes) is 2. The van der Waals surface area contributed by atoms with E-state index < -0.39 is 68.1 Å². The van der Waals surface area contributed by atoms with Crippen molar-refractivity contribution in [1.82, 2.24) is 5.32 Å². The van der Waals surface area contributed by atoms with Gasteiger partial charge < -0.3 is 45.4 Å². The Morgan fingerprint density at radius 2 is 1.14 bits per heavy atom. The number of carbonyl (C=O) groups excluding carboxylic acids is 1. The van der Waals surface area contributed by atoms with E-state index in [1.807, 2.05) is 6.92 Å². The number of nitrogens with one attached hydrogen (secondary N) is 1. The van der Waals surface area contributed by atoms with Crippen LogP contribution in [0, 0.1) is 142 Å². The van der Waals surface area contributed by atoms with Crippen LogP contribution in [0.5, 0.6) is 0 Å². The molecule has 10 nitrogen and oxygen atoms in total. The minimum Gasteiger partial charge on any atom is -0.394 e. The van der Waals surface area contributed by atoms with Crippen LogP contribution >= 0.6 is 0 Å². The lowest BCUT2D eigenvalue weighted by atomic mass is 9.99. The molecular weight excluding hydrogens is 650 g/mol. The van der Waals surface area contributed by atoms with Crippen LogP contribution in [0.4, 0.5) is 0 Å². The summed E-state index contributed by atoms with van der Waals surface area (Å²) in [6.45, 7) is 2.49. The Morgan fingerprint density at radius 1 is 0.686 bits per heavy atom. The maximum Gasteiger partial charge on any atom is 0.297 e. The van der Waals surface area contributed by atoms with Crippen molar-refractivity contribution in [2.24, 2.45) is 0 Å². The first-order chi connectivity index (χ1) is 24.8. The molecule has 10 heteroatoms. The Labute approximate surface area is 299 Å². The molecule has 8 atom stereocenters. The van der Waals surface area contributed by atoms with Crippen LogP contribution in [-0.2, 0) is 14.3 Å². The summed E-state index contributed by atoms with van der Waals surface area (Å²) in [5.74, 6) is 58.0. The first-order valence-corrected chi connectivity index (χ1v) is 15.3. The highest BCUT2D eigenvalue weighted by molar-refractivity contribution is 5.94. The number of carbonyl (C=O) groups is 1. The fourth-order valence-corrected chi connectivity index (χ4v) is 3.65. The number of aliphatic hydroxyl groups excluding tert-OH is 6. The normalized spacial score (nSPS) is 18.8. The third-order valence-corrected chi connectivity index (χ3v) is 6.13. The fourth-order valence-electron chi connectivity index (χ4n) is 3.65. The van der Waals surface area contributed by atoms with E-state index in [2.05, 4.69) is 147 Å². The summed E-state index contributed by atoms with van der Waals surface area (Å²) in [6, 6.07) is -1.23. The van der Waals surface area contributed by atoms with E-state index in [1.165, 1.54) is 0 Å². The quantitative estimate of drug-likeness (QED) is 0.0932. The van der Waals surface area contributed by atoms with Crippen LogP contribution in [0.3, 0.4) is 0 Å². The molecule has 1 rings (SSSR count). The van der Waals surface area contributed by atoms with Gasteiger partial charge in [-0.3, -0.25) is 4.79 Å². The van der Waals surface area contributed by atoms with Crippen molar-refractivity contribution in [1.29, 1.82) is 0 Å². The predicted molar refractivity (Wildman–Crippen MR) is 187 cm³/mol. The maximum absolute atomic E-state index is 12.5. The Bertz CT molecular complexity index is 1980. The highest BCUT2D eigenvalue weighted by Gasteiger charge is 2.44. The van der Waals surface area contributed by atoms with Crippen molar-refractivity contribution in [3.8, 4) is 142 Å². The SMILES string of the molecule is CC#CC#CC#CC#CC#CC#CC#CC#CC#CC#CC#CC#CC(=O)N[C@@H](CO[C@H]1OC(CO)[C@H](O)[C@H](O)C1O)[C@H](O)[C@H](O)CCCCC. The van der Waals surface area contributed by atoms with Crippen molar-refractivity contribution < 1.29 is 44.9 Å². The molecule has 0 bridgehead atoms. The number of rotatable bonds is 11. The monoisotopic (exact) mass is 683 g/mol. The molecule has 0 saturated carbocycles. The topological polar surface area (TPSA) is 169 Å². The smallest absolute Gasteiger partial charge is 0.297 e. The molecule has 0 aliphatic carbocycles. The Hall–Kier alpha value is -6.13. The van der Waals surface area contributed by atoms with Gasteiger partial charge in [-0.15, -0.1) is 0 Å². The third-order valence-electron chi connectivity index (χ3n) is 6.13. The summed E-state index contributed by atoms with van der Waals surface area (Å²) in [6.07, 6.45) is -7.88. The van der Waals surface area contributed by atoms with Crippen LogP contribution < -0.4 is 5.32 Å². The number of amides is 1. The van der Waals surface area contributed by atoms with Gasteiger partial charge in [-0.1, -0.05) is 32.1 Å². The van der Waals surface area contributed by atoms with Gasteiger partial charge in [-0.25, -0.2) is 0 Å². The molecule has 0 aromatic rings. The fraction of sp³-hybridized carbons (Fsp3) is 0.390. The highest BCUT2D eigenvalue weighted by atomic mass is 16.7. The first kappa shape index (κ1) is 42.9. The van der Waals surface area contributed by atoms with E-state index in [4.69, 9.17) is 9.47 Å². The van der Waals surface area contributed by atoms with Gasteiger partial charge in [-0.05, 0) is 108 Å². The zero-order valence-corrected chi connectivity index (χ0v) is 27.8. The summed E-state index contributed by atoms with van der Waals surface area (Å²) in [4.78, 5) is 12.5. The molecule has 0 aromatic heterocycles. The average Bonchev–Trinajstić information content (AvgIpc) is 3.13. The van der Waals surface area contributed by atoms with E-state index in [-0.39, 0.29) is 6.42 Å². The molecule has 1 saturated heterocycles. The molecular formula is C41H33NO9. The second-order valence-electron chi connectivity index (χ2n) is 9.79. The lowest BCUT2D eigenvalue weighted by molar-refractivity contribution is -0.303. The second-order valence-corrected chi connectivity index (χ2v) is 9.79. The lowest BCUT2D eigenvalue weighted by Crippen LogP contribution is -2.60. The zero-order chi connectivity index (χ0) is 37.5. The van der Waals surface area contributed by atoms with Crippen molar-refractivity contribution in [3.63, 3.8) is 0 Å². The molecule has 1 amide bonds. The number of hydrogen-bond acceptors (Lipinski definition) is 9. The molecule has 1 aliphatic rings. The van der Waals surface area contributed by atoms with Gasteiger partial charge in [0.2, 0.25) is 0 Å². The molecule has 0 radical (unpaired) electrons. The number of hydrogen-bond donors (Lipinski definition) is 7. The molecule has 2 unspecified atom stereocenters. The third kappa shape index (κ3) is 19.5. The van der Waals surface area contributed by atoms with Gasteiger partial charge in [0.15, 0.2) is 6.29 Å². The molecule has 51 heavy (non-hydrogen) atoms. The largest absolute Gasteiger partial charge is 0.394 e. The van der Waals surface area contributed by atoms with Crippen molar-refractivity contribution in [3.05, 3.63) is 0 Å². The van der Waals surface area contributed by atoms with E-state index in [0.29, 0.717) is 6.42 Å². The molecule has 1 aliphatic heterocycles. The van der Waals surface area contributed by atoms with Gasteiger partial charge >= 0.3 is 0 Å². The molecule has 7 N–H and O–H groups in total. The summed E-state index contributed by atoms with van der Waals surface area (Å²) in [5.41, 5.74) is 0. The maximum atomic E-state index is 12.5. The van der Waals surface area contributed by atoms with E-state index in [9.17, 15) is 35.4 Å². The van der Waals surface area contributed by atoms with E-state index >= 15 is 0 Å². The van der Waals surface area contributed by atoms with Gasteiger partial charge in [0, 0.05) is 41.4 Å². The predicted octanol–water partition coefficient (Wildman–Crippen LogP) is -2.35. The summed E-state index contributed by atoms with van der Waals surface area (Å²) in [5, 5.41) is 63.2. The Kier molecular flexibility index (Phi) is 23.4. The Balaban J connectivity index is 2.75. The standard InChI is InChI=1S/C41H33NO9/c1-3-5-7-8-9-10-11-12-13-14-15-16-17-18-19-20-21-22-23-24-25-26-28-30-36(45)42-33(37(46)34(44)29-27-6-4-2)32-50-41-40(49)39(48)38(47)35(31-43)51-41/h33-35,37-41,43-44,46-49H,4,6,27,29,31-32H2,1-2H3,(H,42,45)/t33-,34+,35?,37-,38-,39-,40?,41-/m0/s1. The van der Waals surface area contributed by atoms with Gasteiger partial charge in [-0.2, -0.15) is 0 Å². The average molecular weight is 684 g/mol. The van der Waals surface area contributed by atoms with Crippen LogP contribution in [0.2, 0.25) is 0 Å². The van der Waals surface area contributed by atoms with Crippen LogP contribution in [0.15, 0.2) is 0 Å². The molecule has 1 heterocycles. The minimum atomic E-state index is -1.70. The van der Waals surface area contributed by atoms with Crippen molar-refractivity contribution in [2.45, 2.75) is 88.5 Å². The minimum absolute atomic E-state index is 0.241. The molecule has 256 valence electrons. The van der Waals surface area contributed by atoms with Crippen LogP contribution in [0.25, 0.3) is 0 Å². The molecule has 0 aromatic carbocycles. The van der Waals surface area contributed by atoms with E-state index in [0.717, 1.165) is 12.8 Å². The van der Waals surface area contributed by atoms with Crippen LogP contribution in [0.1, 0.15) is 39.5 Å². The van der Waals surface area contributed by atoms with Crippen LogP contribution in [-0.4, -0.2) is 98.7 Å². The number of aliphatic hydroxyl groups is 6. The van der Waals surface area contributed by atoms with Gasteiger partial charge in [0.05, 0.1) is 25.4 Å². The summed E-state index contributed by atoms with van der Waals surface area (Å²) >= 11 is 0. The van der Waals surface area contributed by atoms with Crippen molar-refractivity contribution in [2.75, 3.05) is 13.2 Å². The van der Waals surface area contributed by atoms with E-state index in [1.54, 1.807) is 6.92 Å². The lowest BCUT2D eigenvalue weighted by Gasteiger charge is -2.40. The first-order valence-electron chi connectivity index (χ1n) is 15.3. The second kappa shape index (κ2) is 27.8. The summed E-state index contributed by atoms with van der Waals surface area (Å²) in [7, 11) is 0. The molecule has 1 fully saturated rings. The zero-order valence-electron chi connectivity index (χ0n) is 27.8. The summed E-state index contributed by atoms with van der Waals surface area (Å²) < 4.78 is 10.8. The highest BCUT2D eigenvalue weighted by Crippen LogP contribution is 2.22. The van der Waals surface area contributed by atoms with Crippen molar-refractivity contribution >= 4 is 5.91 Å². The molecule has 0 spiro atoms. The number of ether oxygens (including phenoxy) is 2. The van der Waals surface area contributed by atoms with Gasteiger partial charge in [0.1, 0.15) is 30.5 Å². The van der Waals surface area contributed by atoms with Gasteiger partial charge in [0.25, 0.3) is 5.91 Å².